The second kappa shape index (κ2) is 10.4. The van der Waals surface area contributed by atoms with Gasteiger partial charge in [0, 0.05) is 19.2 Å². The molecule has 0 saturated heterocycles. The van der Waals surface area contributed by atoms with Gasteiger partial charge in [-0.2, -0.15) is 18.3 Å². The summed E-state index contributed by atoms with van der Waals surface area (Å²) in [5.41, 5.74) is 3.00. The molecule has 8 heteroatoms. The SMILES string of the molecule is CCN=C(N/N=C/CNC(=O)CCCc1ccccc1)C(F)(F)F. The maximum absolute atomic E-state index is 12.5. The number of alkyl halides is 3. The van der Waals surface area contributed by atoms with Crippen molar-refractivity contribution in [2.24, 2.45) is 10.1 Å². The Kier molecular flexibility index (Phi) is 8.53. The van der Waals surface area contributed by atoms with Crippen molar-refractivity contribution in [3.63, 3.8) is 0 Å². The van der Waals surface area contributed by atoms with E-state index in [-0.39, 0.29) is 19.0 Å². The molecule has 0 spiro atoms. The maximum atomic E-state index is 12.5. The average molecular weight is 342 g/mol. The van der Waals surface area contributed by atoms with Gasteiger partial charge in [-0.3, -0.25) is 15.2 Å². The Morgan fingerprint density at radius 3 is 2.58 bits per heavy atom. The smallest absolute Gasteiger partial charge is 0.351 e. The fourth-order valence-corrected chi connectivity index (χ4v) is 1.84. The van der Waals surface area contributed by atoms with Crippen molar-refractivity contribution in [2.75, 3.05) is 13.1 Å². The molecule has 132 valence electrons. The first-order valence-corrected chi connectivity index (χ1v) is 7.63. The highest BCUT2D eigenvalue weighted by Gasteiger charge is 2.35. The normalized spacial score (nSPS) is 12.4. The number of aliphatic imine (C=N–C) groups is 1. The van der Waals surface area contributed by atoms with Gasteiger partial charge in [0.25, 0.3) is 0 Å². The summed E-state index contributed by atoms with van der Waals surface area (Å²) in [6.45, 7) is 1.54. The van der Waals surface area contributed by atoms with Crippen LogP contribution in [-0.4, -0.2) is 37.2 Å². The van der Waals surface area contributed by atoms with E-state index in [4.69, 9.17) is 0 Å². The number of hydrogen-bond donors (Lipinski definition) is 2. The minimum absolute atomic E-state index is 0.00445. The van der Waals surface area contributed by atoms with Crippen molar-refractivity contribution in [3.8, 4) is 0 Å². The third-order valence-electron chi connectivity index (χ3n) is 2.95. The second-order valence-electron chi connectivity index (χ2n) is 4.89. The van der Waals surface area contributed by atoms with E-state index in [0.29, 0.717) is 12.8 Å². The minimum Gasteiger partial charge on any atom is -0.351 e. The van der Waals surface area contributed by atoms with Gasteiger partial charge in [0.05, 0.1) is 6.54 Å². The molecule has 0 radical (unpaired) electrons. The summed E-state index contributed by atoms with van der Waals surface area (Å²) < 4.78 is 37.5. The predicted molar refractivity (Wildman–Crippen MR) is 88.0 cm³/mol. The van der Waals surface area contributed by atoms with E-state index >= 15 is 0 Å². The molecule has 0 aliphatic rings. The fraction of sp³-hybridized carbons (Fsp3) is 0.438. The van der Waals surface area contributed by atoms with E-state index in [1.807, 2.05) is 35.8 Å². The molecule has 0 aliphatic heterocycles. The topological polar surface area (TPSA) is 65.8 Å². The molecule has 0 fully saturated rings. The van der Waals surface area contributed by atoms with Crippen molar-refractivity contribution < 1.29 is 18.0 Å². The summed E-state index contributed by atoms with van der Waals surface area (Å²) in [5, 5.41) is 5.98. The lowest BCUT2D eigenvalue weighted by Crippen LogP contribution is -2.35. The second-order valence-corrected chi connectivity index (χ2v) is 4.89. The number of benzene rings is 1. The van der Waals surface area contributed by atoms with Crippen LogP contribution in [0.1, 0.15) is 25.3 Å². The number of carbonyl (C=O) groups is 1. The number of amides is 1. The van der Waals surface area contributed by atoms with Crippen LogP contribution in [0.15, 0.2) is 40.4 Å². The lowest BCUT2D eigenvalue weighted by Gasteiger charge is -2.08. The minimum atomic E-state index is -4.58. The molecule has 1 rings (SSSR count). The summed E-state index contributed by atoms with van der Waals surface area (Å²) in [6, 6.07) is 9.80. The molecule has 0 saturated carbocycles. The first-order chi connectivity index (χ1) is 11.4. The summed E-state index contributed by atoms with van der Waals surface area (Å²) >= 11 is 0. The molecule has 1 amide bonds. The molecule has 24 heavy (non-hydrogen) atoms. The van der Waals surface area contributed by atoms with E-state index < -0.39 is 12.0 Å². The van der Waals surface area contributed by atoms with Crippen LogP contribution in [0.2, 0.25) is 0 Å². The monoisotopic (exact) mass is 342 g/mol. The van der Waals surface area contributed by atoms with Crippen molar-refractivity contribution in [1.82, 2.24) is 10.7 Å². The number of halogens is 3. The fourth-order valence-electron chi connectivity index (χ4n) is 1.84. The highest BCUT2D eigenvalue weighted by Crippen LogP contribution is 2.15. The molecule has 0 aromatic heterocycles. The average Bonchev–Trinajstić information content (AvgIpc) is 2.53. The summed E-state index contributed by atoms with van der Waals surface area (Å²) in [7, 11) is 0. The number of carbonyl (C=O) groups excluding carboxylic acids is 1. The van der Waals surface area contributed by atoms with Crippen LogP contribution in [0.5, 0.6) is 0 Å². The predicted octanol–water partition coefficient (Wildman–Crippen LogP) is 2.68. The number of nitrogens with one attached hydrogen (secondary N) is 2. The Labute approximate surface area is 139 Å². The van der Waals surface area contributed by atoms with Crippen LogP contribution >= 0.6 is 0 Å². The summed E-state index contributed by atoms with van der Waals surface area (Å²) in [6.07, 6.45) is -1.57. The molecule has 5 nitrogen and oxygen atoms in total. The van der Waals surface area contributed by atoms with Crippen LogP contribution in [-0.2, 0) is 11.2 Å². The Morgan fingerprint density at radius 1 is 1.25 bits per heavy atom. The van der Waals surface area contributed by atoms with Gasteiger partial charge >= 0.3 is 6.18 Å². The van der Waals surface area contributed by atoms with Gasteiger partial charge in [-0.05, 0) is 25.3 Å². The number of amidine groups is 1. The number of aryl methyl sites for hydroxylation is 1. The number of nitrogens with zero attached hydrogens (tertiary/aromatic N) is 2. The van der Waals surface area contributed by atoms with Gasteiger partial charge in [-0.25, -0.2) is 0 Å². The highest BCUT2D eigenvalue weighted by molar-refractivity contribution is 5.88. The van der Waals surface area contributed by atoms with Gasteiger partial charge in [-0.1, -0.05) is 30.3 Å². The first kappa shape index (κ1) is 19.7. The van der Waals surface area contributed by atoms with E-state index in [2.05, 4.69) is 15.4 Å². The quantitative estimate of drug-likeness (QED) is 0.433. The molecule has 1 aromatic carbocycles. The number of rotatable bonds is 8. The van der Waals surface area contributed by atoms with Gasteiger partial charge < -0.3 is 5.32 Å². The molecule has 0 atom stereocenters. The Bertz CT molecular complexity index is 556. The molecule has 1 aromatic rings. The zero-order valence-corrected chi connectivity index (χ0v) is 13.4. The van der Waals surface area contributed by atoms with Gasteiger partial charge in [0.2, 0.25) is 11.7 Å². The molecular formula is C16H21F3N4O. The van der Waals surface area contributed by atoms with Gasteiger partial charge in [-0.15, -0.1) is 0 Å². The van der Waals surface area contributed by atoms with Crippen LogP contribution < -0.4 is 10.7 Å². The summed E-state index contributed by atoms with van der Waals surface area (Å²) in [4.78, 5) is 14.9. The van der Waals surface area contributed by atoms with Crippen LogP contribution in [0, 0.1) is 0 Å². The Balaban J connectivity index is 2.21. The molecule has 0 heterocycles. The van der Waals surface area contributed by atoms with Crippen LogP contribution in [0.25, 0.3) is 0 Å². The van der Waals surface area contributed by atoms with E-state index in [1.165, 1.54) is 6.92 Å². The largest absolute Gasteiger partial charge is 0.450 e. The first-order valence-electron chi connectivity index (χ1n) is 7.63. The summed E-state index contributed by atoms with van der Waals surface area (Å²) in [5.74, 6) is -1.33. The molecule has 0 unspecified atom stereocenters. The zero-order chi connectivity index (χ0) is 17.8. The van der Waals surface area contributed by atoms with E-state index in [1.54, 1.807) is 0 Å². The van der Waals surface area contributed by atoms with Crippen molar-refractivity contribution in [2.45, 2.75) is 32.4 Å². The highest BCUT2D eigenvalue weighted by atomic mass is 19.4. The van der Waals surface area contributed by atoms with Crippen molar-refractivity contribution in [1.29, 1.82) is 0 Å². The lowest BCUT2D eigenvalue weighted by atomic mass is 10.1. The molecule has 0 bridgehead atoms. The number of hydrogen-bond acceptors (Lipinski definition) is 3. The third kappa shape index (κ3) is 8.30. The zero-order valence-electron chi connectivity index (χ0n) is 13.4. The van der Waals surface area contributed by atoms with E-state index in [0.717, 1.165) is 18.2 Å². The van der Waals surface area contributed by atoms with Gasteiger partial charge in [0.1, 0.15) is 0 Å². The standard InChI is InChI=1S/C16H21F3N4O/c1-2-20-15(16(17,18)19)23-22-12-11-21-14(24)10-6-9-13-7-4-3-5-8-13/h3-5,7-8,12H,2,6,9-11H2,1H3,(H,20,23)(H,21,24)/b22-12+. The molecule has 2 N–H and O–H groups in total. The van der Waals surface area contributed by atoms with Crippen LogP contribution in [0.3, 0.4) is 0 Å². The molecular weight excluding hydrogens is 321 g/mol. The Hall–Kier alpha value is -2.38. The Morgan fingerprint density at radius 2 is 1.96 bits per heavy atom. The van der Waals surface area contributed by atoms with Crippen molar-refractivity contribution in [3.05, 3.63) is 35.9 Å². The van der Waals surface area contributed by atoms with E-state index in [9.17, 15) is 18.0 Å². The third-order valence-corrected chi connectivity index (χ3v) is 2.95. The lowest BCUT2D eigenvalue weighted by molar-refractivity contribution is -0.120. The van der Waals surface area contributed by atoms with Crippen molar-refractivity contribution >= 4 is 18.0 Å². The maximum Gasteiger partial charge on any atom is 0.450 e. The van der Waals surface area contributed by atoms with Crippen LogP contribution in [0.4, 0.5) is 13.2 Å². The van der Waals surface area contributed by atoms with Gasteiger partial charge in [0.15, 0.2) is 0 Å². The molecule has 0 aliphatic carbocycles. The number of hydrazone groups is 1.